The summed E-state index contributed by atoms with van der Waals surface area (Å²) in [5, 5.41) is 20.9. The largest absolute Gasteiger partial charge is 0.481 e. The van der Waals surface area contributed by atoms with E-state index in [4.69, 9.17) is 0 Å². The van der Waals surface area contributed by atoms with Gasteiger partial charge in [0.25, 0.3) is 5.69 Å². The van der Waals surface area contributed by atoms with Crippen LogP contribution in [0.4, 0.5) is 5.69 Å². The molecule has 0 aliphatic carbocycles. The van der Waals surface area contributed by atoms with Gasteiger partial charge in [-0.3, -0.25) is 14.9 Å². The molecule has 0 heterocycles. The van der Waals surface area contributed by atoms with Crippen molar-refractivity contribution in [1.29, 1.82) is 0 Å². The molecule has 8 nitrogen and oxygen atoms in total. The summed E-state index contributed by atoms with van der Waals surface area (Å²) >= 11 is 0. The van der Waals surface area contributed by atoms with Gasteiger partial charge >= 0.3 is 5.97 Å². The zero-order valence-corrected chi connectivity index (χ0v) is 16.7. The summed E-state index contributed by atoms with van der Waals surface area (Å²) in [5.41, 5.74) is -3.15. The molecule has 1 aromatic rings. The van der Waals surface area contributed by atoms with Gasteiger partial charge in [-0.15, -0.1) is 0 Å². The number of carboxylic acid groups (broad SMARTS) is 1. The number of hydrogen-bond acceptors (Lipinski definition) is 5. The molecule has 0 fully saturated rings. The fourth-order valence-corrected chi connectivity index (χ4v) is 4.00. The molecule has 0 bridgehead atoms. The van der Waals surface area contributed by atoms with E-state index in [2.05, 4.69) is 4.72 Å². The predicted molar refractivity (Wildman–Crippen MR) is 98.3 cm³/mol. The van der Waals surface area contributed by atoms with Gasteiger partial charge in [-0.1, -0.05) is 19.1 Å². The van der Waals surface area contributed by atoms with Crippen LogP contribution in [0.2, 0.25) is 0 Å². The molecule has 1 rings (SSSR count). The predicted octanol–water partition coefficient (Wildman–Crippen LogP) is 3.03. The molecule has 0 spiro atoms. The zero-order valence-electron chi connectivity index (χ0n) is 15.9. The van der Waals surface area contributed by atoms with Crippen molar-refractivity contribution in [2.24, 2.45) is 5.41 Å². The number of nitrogens with zero attached hydrogens (tertiary/aromatic N) is 1. The third kappa shape index (κ3) is 3.73. The van der Waals surface area contributed by atoms with Gasteiger partial charge in [0.1, 0.15) is 0 Å². The maximum atomic E-state index is 12.9. The number of sulfonamides is 1. The molecule has 2 N–H and O–H groups in total. The Hall–Kier alpha value is -2.00. The normalized spacial score (nSPS) is 15.3. The van der Waals surface area contributed by atoms with E-state index in [9.17, 15) is 28.4 Å². The lowest BCUT2D eigenvalue weighted by Crippen LogP contribution is -2.60. The molecule has 9 heteroatoms. The van der Waals surface area contributed by atoms with Crippen LogP contribution in [0, 0.1) is 15.5 Å². The Morgan fingerprint density at radius 1 is 1.23 bits per heavy atom. The number of non-ortho nitro benzene ring substituents is 1. The van der Waals surface area contributed by atoms with Crippen molar-refractivity contribution in [3.05, 3.63) is 39.9 Å². The first-order valence-electron chi connectivity index (χ1n) is 8.14. The number of nitrogens with one attached hydrogen (secondary N) is 1. The first-order chi connectivity index (χ1) is 11.6. The van der Waals surface area contributed by atoms with Crippen LogP contribution in [0.5, 0.6) is 0 Å². The number of rotatable bonds is 7. The van der Waals surface area contributed by atoms with Gasteiger partial charge in [-0.2, -0.15) is 0 Å². The maximum Gasteiger partial charge on any atom is 0.311 e. The van der Waals surface area contributed by atoms with Crippen molar-refractivity contribution in [2.75, 3.05) is 0 Å². The lowest BCUT2D eigenvalue weighted by molar-refractivity contribution is -0.385. The molecule has 0 saturated carbocycles. The molecule has 1 unspecified atom stereocenters. The van der Waals surface area contributed by atoms with Crippen LogP contribution < -0.4 is 4.72 Å². The van der Waals surface area contributed by atoms with Crippen molar-refractivity contribution in [1.82, 2.24) is 4.72 Å². The first-order valence-corrected chi connectivity index (χ1v) is 9.62. The molecule has 0 aromatic heterocycles. The Balaban J connectivity index is 3.81. The quantitative estimate of drug-likeness (QED) is 0.548. The highest BCUT2D eigenvalue weighted by atomic mass is 32.2. The Kier molecular flexibility index (Phi) is 5.90. The SMILES string of the molecule is CCC(NS(=O)(=O)C(C)(C)C)(c1cccc([N+](=O)[O-])c1)C(C)(C)C(=O)O. The molecule has 146 valence electrons. The van der Waals surface area contributed by atoms with Gasteiger partial charge in [0.2, 0.25) is 10.0 Å². The Bertz CT molecular complexity index is 811. The molecule has 1 atom stereocenters. The van der Waals surface area contributed by atoms with E-state index >= 15 is 0 Å². The summed E-state index contributed by atoms with van der Waals surface area (Å²) in [5.74, 6) is -1.22. The Morgan fingerprint density at radius 3 is 2.15 bits per heavy atom. The molecule has 0 amide bonds. The Morgan fingerprint density at radius 2 is 1.77 bits per heavy atom. The number of benzene rings is 1. The van der Waals surface area contributed by atoms with Gasteiger partial charge in [-0.05, 0) is 46.6 Å². The summed E-state index contributed by atoms with van der Waals surface area (Å²) in [7, 11) is -3.95. The van der Waals surface area contributed by atoms with Crippen LogP contribution >= 0.6 is 0 Å². The third-order valence-electron chi connectivity index (χ3n) is 4.80. The molecular formula is C17H26N2O6S. The van der Waals surface area contributed by atoms with Crippen molar-refractivity contribution >= 4 is 21.7 Å². The minimum absolute atomic E-state index is 0.0861. The topological polar surface area (TPSA) is 127 Å². The van der Waals surface area contributed by atoms with Crippen LogP contribution in [-0.4, -0.2) is 29.2 Å². The number of hydrogen-bond donors (Lipinski definition) is 2. The van der Waals surface area contributed by atoms with E-state index in [1.54, 1.807) is 6.92 Å². The summed E-state index contributed by atoms with van der Waals surface area (Å²) in [6, 6.07) is 5.42. The van der Waals surface area contributed by atoms with E-state index in [0.717, 1.165) is 0 Å². The fourth-order valence-electron chi connectivity index (χ4n) is 2.72. The summed E-state index contributed by atoms with van der Waals surface area (Å²) < 4.78 is 27.1. The molecule has 0 saturated heterocycles. The maximum absolute atomic E-state index is 12.9. The number of aliphatic carboxylic acids is 1. The monoisotopic (exact) mass is 386 g/mol. The standard InChI is InChI=1S/C17H26N2O6S/c1-7-17(16(5,6)14(20)21,18-26(24,25)15(2,3)4)12-9-8-10-13(11-12)19(22)23/h8-11,18H,7H2,1-6H3,(H,20,21). The van der Waals surface area contributed by atoms with Crippen molar-refractivity contribution in [3.8, 4) is 0 Å². The number of carboxylic acids is 1. The second kappa shape index (κ2) is 6.96. The molecule has 26 heavy (non-hydrogen) atoms. The molecule has 0 aliphatic heterocycles. The minimum atomic E-state index is -3.95. The fraction of sp³-hybridized carbons (Fsp3) is 0.588. The highest BCUT2D eigenvalue weighted by Crippen LogP contribution is 2.44. The van der Waals surface area contributed by atoms with E-state index in [0.29, 0.717) is 0 Å². The zero-order chi connectivity index (χ0) is 20.6. The highest BCUT2D eigenvalue weighted by Gasteiger charge is 2.54. The van der Waals surface area contributed by atoms with Gasteiger partial charge < -0.3 is 5.11 Å². The summed E-state index contributed by atoms with van der Waals surface area (Å²) in [6.07, 6.45) is 0.0861. The van der Waals surface area contributed by atoms with Gasteiger partial charge in [0.05, 0.1) is 20.6 Å². The van der Waals surface area contributed by atoms with Gasteiger partial charge in [0.15, 0.2) is 0 Å². The van der Waals surface area contributed by atoms with E-state index in [1.165, 1.54) is 58.9 Å². The van der Waals surface area contributed by atoms with Crippen LogP contribution in [0.1, 0.15) is 53.5 Å². The summed E-state index contributed by atoms with van der Waals surface area (Å²) in [6.45, 7) is 8.95. The third-order valence-corrected chi connectivity index (χ3v) is 7.03. The average molecular weight is 386 g/mol. The number of carbonyl (C=O) groups is 1. The van der Waals surface area contributed by atoms with E-state index in [1.807, 2.05) is 0 Å². The van der Waals surface area contributed by atoms with Crippen molar-refractivity contribution < 1.29 is 23.2 Å². The molecular weight excluding hydrogens is 360 g/mol. The summed E-state index contributed by atoms with van der Waals surface area (Å²) in [4.78, 5) is 22.5. The minimum Gasteiger partial charge on any atom is -0.481 e. The molecule has 0 aliphatic rings. The smallest absolute Gasteiger partial charge is 0.311 e. The van der Waals surface area contributed by atoms with Crippen LogP contribution in [0.15, 0.2) is 24.3 Å². The van der Waals surface area contributed by atoms with Gasteiger partial charge in [0, 0.05) is 12.1 Å². The highest BCUT2D eigenvalue weighted by molar-refractivity contribution is 7.90. The van der Waals surface area contributed by atoms with E-state index in [-0.39, 0.29) is 17.7 Å². The van der Waals surface area contributed by atoms with Crippen molar-refractivity contribution in [2.45, 2.75) is 58.2 Å². The first kappa shape index (κ1) is 22.0. The number of nitro groups is 1. The second-order valence-corrected chi connectivity index (χ2v) is 10.2. The Labute approximate surface area is 153 Å². The van der Waals surface area contributed by atoms with E-state index < -0.39 is 36.6 Å². The van der Waals surface area contributed by atoms with Crippen LogP contribution in [-0.2, 0) is 20.4 Å². The van der Waals surface area contributed by atoms with Crippen LogP contribution in [0.3, 0.4) is 0 Å². The van der Waals surface area contributed by atoms with Crippen LogP contribution in [0.25, 0.3) is 0 Å². The average Bonchev–Trinajstić information content (AvgIpc) is 2.51. The molecule has 0 radical (unpaired) electrons. The molecule has 1 aromatic carbocycles. The van der Waals surface area contributed by atoms with Crippen molar-refractivity contribution in [3.63, 3.8) is 0 Å². The lowest BCUT2D eigenvalue weighted by atomic mass is 9.67. The van der Waals surface area contributed by atoms with Gasteiger partial charge in [-0.25, -0.2) is 13.1 Å². The number of nitro benzene ring substituents is 1. The lowest BCUT2D eigenvalue weighted by Gasteiger charge is -2.45. The second-order valence-electron chi connectivity index (χ2n) is 7.71.